The minimum Gasteiger partial charge on any atom is -0.253 e. The molecule has 1 radical (unpaired) electrons. The van der Waals surface area contributed by atoms with Gasteiger partial charge < -0.3 is 0 Å². The summed E-state index contributed by atoms with van der Waals surface area (Å²) in [6.07, 6.45) is 0. The number of nitrogens with zero attached hydrogens (tertiary/aromatic N) is 1. The van der Waals surface area contributed by atoms with Gasteiger partial charge in [0.1, 0.15) is 0 Å². The van der Waals surface area contributed by atoms with E-state index >= 15 is 0 Å². The van der Waals surface area contributed by atoms with Crippen LogP contribution in [0.25, 0.3) is 10.9 Å². The summed E-state index contributed by atoms with van der Waals surface area (Å²) in [7, 11) is 0. The first-order chi connectivity index (χ1) is 5.75. The Balaban J connectivity index is 2.79. The lowest BCUT2D eigenvalue weighted by atomic mass is 10.1. The molecule has 0 saturated heterocycles. The zero-order chi connectivity index (χ0) is 8.55. The molecule has 0 aliphatic carbocycles. The van der Waals surface area contributed by atoms with E-state index in [-0.39, 0.29) is 0 Å². The standard InChI is InChI=1S/C11H10N/c1-8-3-6-11-10(7-8)5-4-9(2)12-11/h3-7H,2H2,1H3. The Morgan fingerprint density at radius 3 is 2.83 bits per heavy atom. The van der Waals surface area contributed by atoms with Gasteiger partial charge in [-0.3, -0.25) is 4.98 Å². The van der Waals surface area contributed by atoms with Gasteiger partial charge in [0.25, 0.3) is 0 Å². The smallest absolute Gasteiger partial charge is 0.0705 e. The highest BCUT2D eigenvalue weighted by Gasteiger charge is 1.94. The third-order valence-corrected chi connectivity index (χ3v) is 1.90. The van der Waals surface area contributed by atoms with Crippen LogP contribution in [0.4, 0.5) is 0 Å². The molecule has 0 amide bonds. The minimum atomic E-state index is 0.825. The van der Waals surface area contributed by atoms with Crippen LogP contribution in [0.15, 0.2) is 30.3 Å². The molecule has 1 heteroatoms. The Morgan fingerprint density at radius 1 is 1.17 bits per heavy atom. The molecule has 1 aromatic heterocycles. The molecule has 0 fully saturated rings. The zero-order valence-electron chi connectivity index (χ0n) is 7.04. The van der Waals surface area contributed by atoms with Gasteiger partial charge in [-0.25, -0.2) is 0 Å². The van der Waals surface area contributed by atoms with Gasteiger partial charge in [-0.2, -0.15) is 0 Å². The number of aryl methyl sites for hydroxylation is 1. The molecule has 0 bridgehead atoms. The molecule has 0 aliphatic heterocycles. The highest BCUT2D eigenvalue weighted by Crippen LogP contribution is 2.13. The van der Waals surface area contributed by atoms with Crippen molar-refractivity contribution in [1.82, 2.24) is 4.98 Å². The largest absolute Gasteiger partial charge is 0.253 e. The van der Waals surface area contributed by atoms with E-state index < -0.39 is 0 Å². The fraction of sp³-hybridized carbons (Fsp3) is 0.0909. The molecule has 0 saturated carbocycles. The van der Waals surface area contributed by atoms with E-state index in [1.807, 2.05) is 12.1 Å². The van der Waals surface area contributed by atoms with Gasteiger partial charge in [0.15, 0.2) is 0 Å². The van der Waals surface area contributed by atoms with E-state index in [2.05, 4.69) is 37.0 Å². The Kier molecular flexibility index (Phi) is 1.58. The van der Waals surface area contributed by atoms with Crippen molar-refractivity contribution in [3.8, 4) is 0 Å². The summed E-state index contributed by atoms with van der Waals surface area (Å²) in [5.74, 6) is 0. The molecule has 0 atom stereocenters. The monoisotopic (exact) mass is 156 g/mol. The first-order valence-electron chi connectivity index (χ1n) is 3.95. The van der Waals surface area contributed by atoms with Gasteiger partial charge >= 0.3 is 0 Å². The van der Waals surface area contributed by atoms with E-state index in [1.54, 1.807) is 0 Å². The van der Waals surface area contributed by atoms with E-state index in [1.165, 1.54) is 10.9 Å². The van der Waals surface area contributed by atoms with Crippen LogP contribution < -0.4 is 0 Å². The first kappa shape index (κ1) is 7.29. The van der Waals surface area contributed by atoms with Crippen LogP contribution in [-0.4, -0.2) is 4.98 Å². The van der Waals surface area contributed by atoms with Crippen LogP contribution >= 0.6 is 0 Å². The summed E-state index contributed by atoms with van der Waals surface area (Å²) in [5, 5.41) is 1.18. The Labute approximate surface area is 72.1 Å². The van der Waals surface area contributed by atoms with Gasteiger partial charge in [0.05, 0.1) is 5.52 Å². The third kappa shape index (κ3) is 1.18. The average Bonchev–Trinajstić information content (AvgIpc) is 2.05. The summed E-state index contributed by atoms with van der Waals surface area (Å²) < 4.78 is 0. The average molecular weight is 156 g/mol. The molecule has 0 spiro atoms. The van der Waals surface area contributed by atoms with Crippen LogP contribution in [0.1, 0.15) is 11.3 Å². The molecule has 1 nitrogen and oxygen atoms in total. The van der Waals surface area contributed by atoms with Crippen LogP contribution in [0.2, 0.25) is 0 Å². The maximum absolute atomic E-state index is 4.31. The van der Waals surface area contributed by atoms with Crippen LogP contribution in [0.3, 0.4) is 0 Å². The van der Waals surface area contributed by atoms with E-state index in [0.717, 1.165) is 11.2 Å². The summed E-state index contributed by atoms with van der Waals surface area (Å²) in [6, 6.07) is 10.2. The van der Waals surface area contributed by atoms with Gasteiger partial charge in [-0.05, 0) is 32.0 Å². The number of hydrogen-bond donors (Lipinski definition) is 0. The quantitative estimate of drug-likeness (QED) is 0.571. The number of pyridine rings is 1. The number of aromatic nitrogens is 1. The lowest BCUT2D eigenvalue weighted by Crippen LogP contribution is -1.82. The van der Waals surface area contributed by atoms with E-state index in [4.69, 9.17) is 0 Å². The first-order valence-corrected chi connectivity index (χ1v) is 3.95. The number of rotatable bonds is 0. The normalized spacial score (nSPS) is 10.5. The topological polar surface area (TPSA) is 12.9 Å². The highest BCUT2D eigenvalue weighted by atomic mass is 14.7. The van der Waals surface area contributed by atoms with E-state index in [9.17, 15) is 0 Å². The Hall–Kier alpha value is -1.37. The highest BCUT2D eigenvalue weighted by molar-refractivity contribution is 5.79. The summed E-state index contributed by atoms with van der Waals surface area (Å²) >= 11 is 0. The second-order valence-electron chi connectivity index (χ2n) is 3.00. The molecule has 0 aliphatic rings. The molecular weight excluding hydrogens is 146 g/mol. The molecular formula is C11H10N. The lowest BCUT2D eigenvalue weighted by Gasteiger charge is -1.98. The maximum Gasteiger partial charge on any atom is 0.0705 e. The fourth-order valence-corrected chi connectivity index (χ4v) is 1.29. The molecule has 2 aromatic rings. The maximum atomic E-state index is 4.31. The summed E-state index contributed by atoms with van der Waals surface area (Å²) in [5.41, 5.74) is 3.11. The zero-order valence-corrected chi connectivity index (χ0v) is 7.04. The van der Waals surface area contributed by atoms with Crippen molar-refractivity contribution in [2.45, 2.75) is 6.92 Å². The van der Waals surface area contributed by atoms with Crippen molar-refractivity contribution in [3.63, 3.8) is 0 Å². The summed E-state index contributed by atoms with van der Waals surface area (Å²) in [4.78, 5) is 4.31. The molecule has 12 heavy (non-hydrogen) atoms. The van der Waals surface area contributed by atoms with E-state index in [0.29, 0.717) is 0 Å². The van der Waals surface area contributed by atoms with Crippen LogP contribution in [0.5, 0.6) is 0 Å². The van der Waals surface area contributed by atoms with Crippen molar-refractivity contribution >= 4 is 10.9 Å². The predicted octanol–water partition coefficient (Wildman–Crippen LogP) is 2.73. The molecule has 1 aromatic carbocycles. The molecule has 1 heterocycles. The number of hydrogen-bond acceptors (Lipinski definition) is 1. The van der Waals surface area contributed by atoms with Crippen molar-refractivity contribution in [1.29, 1.82) is 0 Å². The Bertz CT molecular complexity index is 377. The lowest BCUT2D eigenvalue weighted by molar-refractivity contribution is 1.33. The van der Waals surface area contributed by atoms with Gasteiger partial charge in [0.2, 0.25) is 0 Å². The Morgan fingerprint density at radius 2 is 2.00 bits per heavy atom. The predicted molar refractivity (Wildman–Crippen MR) is 50.9 cm³/mol. The minimum absolute atomic E-state index is 0.825. The SMILES string of the molecule is [CH2]c1ccc2cc(C)ccc2n1. The van der Waals surface area contributed by atoms with Crippen molar-refractivity contribution in [3.05, 3.63) is 48.5 Å². The summed E-state index contributed by atoms with van der Waals surface area (Å²) in [6.45, 7) is 5.86. The number of benzene rings is 1. The molecule has 59 valence electrons. The van der Waals surface area contributed by atoms with Gasteiger partial charge in [-0.15, -0.1) is 0 Å². The fourth-order valence-electron chi connectivity index (χ4n) is 1.29. The van der Waals surface area contributed by atoms with Gasteiger partial charge in [-0.1, -0.05) is 17.7 Å². The van der Waals surface area contributed by atoms with Gasteiger partial charge in [0, 0.05) is 11.1 Å². The molecule has 0 N–H and O–H groups in total. The second kappa shape index (κ2) is 2.59. The van der Waals surface area contributed by atoms with Crippen molar-refractivity contribution < 1.29 is 0 Å². The van der Waals surface area contributed by atoms with Crippen LogP contribution in [-0.2, 0) is 0 Å². The van der Waals surface area contributed by atoms with Crippen molar-refractivity contribution in [2.75, 3.05) is 0 Å². The molecule has 0 unspecified atom stereocenters. The van der Waals surface area contributed by atoms with Crippen LogP contribution in [0, 0.1) is 13.8 Å². The molecule has 2 rings (SSSR count). The second-order valence-corrected chi connectivity index (χ2v) is 3.00. The van der Waals surface area contributed by atoms with Crippen molar-refractivity contribution in [2.24, 2.45) is 0 Å². The third-order valence-electron chi connectivity index (χ3n) is 1.90. The number of fused-ring (bicyclic) bond motifs is 1.